The summed E-state index contributed by atoms with van der Waals surface area (Å²) in [6, 6.07) is 0. The number of terminal acetylenes is 1. The lowest BCUT2D eigenvalue weighted by atomic mass is 10.0. The highest BCUT2D eigenvalue weighted by molar-refractivity contribution is 5.67. The standard InChI is InChI=1S/C14H20O2/c1-5-8-9-10-11-13(6-2)14(7-3)16-12(4)15/h3,14H,2,5,8-11H2,1,4H3/t14-/m1/s1. The summed E-state index contributed by atoms with van der Waals surface area (Å²) in [6.45, 7) is 7.10. The Morgan fingerprint density at radius 3 is 2.56 bits per heavy atom. The molecule has 2 nitrogen and oxygen atoms in total. The summed E-state index contributed by atoms with van der Waals surface area (Å²) in [4.78, 5) is 10.8. The van der Waals surface area contributed by atoms with E-state index < -0.39 is 6.10 Å². The molecule has 16 heavy (non-hydrogen) atoms. The predicted molar refractivity (Wildman–Crippen MR) is 65.8 cm³/mol. The molecule has 0 aliphatic rings. The lowest BCUT2D eigenvalue weighted by Gasteiger charge is -2.13. The van der Waals surface area contributed by atoms with Crippen molar-refractivity contribution in [1.29, 1.82) is 0 Å². The van der Waals surface area contributed by atoms with E-state index >= 15 is 0 Å². The van der Waals surface area contributed by atoms with Gasteiger partial charge in [-0.3, -0.25) is 4.79 Å². The quantitative estimate of drug-likeness (QED) is 0.285. The normalized spacial score (nSPS) is 11.1. The largest absolute Gasteiger partial charge is 0.444 e. The Morgan fingerprint density at radius 1 is 1.44 bits per heavy atom. The zero-order chi connectivity index (χ0) is 12.4. The molecule has 0 bridgehead atoms. The highest BCUT2D eigenvalue weighted by atomic mass is 16.5. The lowest BCUT2D eigenvalue weighted by molar-refractivity contribution is -0.142. The number of carbonyl (C=O) groups is 1. The molecule has 0 aromatic rings. The molecule has 0 saturated heterocycles. The Bertz CT molecular complexity index is 303. The second-order valence-corrected chi connectivity index (χ2v) is 3.67. The maximum atomic E-state index is 10.8. The van der Waals surface area contributed by atoms with Gasteiger partial charge in [0.05, 0.1) is 0 Å². The van der Waals surface area contributed by atoms with Gasteiger partial charge < -0.3 is 4.74 Å². The minimum absolute atomic E-state index is 0.371. The van der Waals surface area contributed by atoms with Crippen molar-refractivity contribution in [3.63, 3.8) is 0 Å². The average Bonchev–Trinajstić information content (AvgIpc) is 2.26. The molecule has 0 amide bonds. The predicted octanol–water partition coefficient (Wildman–Crippen LogP) is 3.23. The van der Waals surface area contributed by atoms with Crippen LogP contribution in [-0.4, -0.2) is 12.1 Å². The number of unbranched alkanes of at least 4 members (excludes halogenated alkanes) is 3. The molecule has 0 radical (unpaired) electrons. The van der Waals surface area contributed by atoms with Gasteiger partial charge in [-0.1, -0.05) is 38.7 Å². The molecule has 0 fully saturated rings. The Labute approximate surface area is 98.4 Å². The van der Waals surface area contributed by atoms with Crippen LogP contribution in [0.15, 0.2) is 17.9 Å². The molecular weight excluding hydrogens is 200 g/mol. The van der Waals surface area contributed by atoms with E-state index in [0.29, 0.717) is 0 Å². The summed E-state index contributed by atoms with van der Waals surface area (Å²) >= 11 is 0. The van der Waals surface area contributed by atoms with E-state index in [4.69, 9.17) is 11.2 Å². The van der Waals surface area contributed by atoms with Crippen molar-refractivity contribution >= 4 is 5.97 Å². The van der Waals surface area contributed by atoms with Gasteiger partial charge in [-0.2, -0.15) is 0 Å². The molecule has 88 valence electrons. The van der Waals surface area contributed by atoms with E-state index in [0.717, 1.165) is 24.8 Å². The van der Waals surface area contributed by atoms with Crippen molar-refractivity contribution < 1.29 is 9.53 Å². The SMILES string of the molecule is C#C[C@@H](OC(C)=O)C(=C=C)CCCCCC. The van der Waals surface area contributed by atoms with Gasteiger partial charge in [0.2, 0.25) is 0 Å². The van der Waals surface area contributed by atoms with Gasteiger partial charge in [-0.25, -0.2) is 0 Å². The van der Waals surface area contributed by atoms with Gasteiger partial charge >= 0.3 is 5.97 Å². The molecule has 1 atom stereocenters. The number of hydrogen-bond acceptors (Lipinski definition) is 2. The molecule has 2 heteroatoms. The molecule has 0 N–H and O–H groups in total. The lowest BCUT2D eigenvalue weighted by Crippen LogP contribution is -2.16. The number of rotatable bonds is 7. The molecule has 0 aromatic carbocycles. The molecule has 0 aliphatic carbocycles. The zero-order valence-electron chi connectivity index (χ0n) is 10.2. The highest BCUT2D eigenvalue weighted by Crippen LogP contribution is 2.15. The van der Waals surface area contributed by atoms with Crippen LogP contribution in [0.1, 0.15) is 46.0 Å². The van der Waals surface area contributed by atoms with Gasteiger partial charge in [-0.05, 0) is 12.8 Å². The first-order valence-corrected chi connectivity index (χ1v) is 5.67. The Morgan fingerprint density at radius 2 is 2.12 bits per heavy atom. The smallest absolute Gasteiger partial charge is 0.304 e. The summed E-state index contributed by atoms with van der Waals surface area (Å²) < 4.78 is 4.99. The number of ether oxygens (including phenoxy) is 1. The minimum Gasteiger partial charge on any atom is -0.444 e. The highest BCUT2D eigenvalue weighted by Gasteiger charge is 2.13. The second kappa shape index (κ2) is 8.83. The molecule has 0 heterocycles. The molecule has 0 aromatic heterocycles. The first-order chi connectivity index (χ1) is 7.65. The van der Waals surface area contributed by atoms with E-state index in [1.807, 2.05) is 0 Å². The molecular formula is C14H20O2. The van der Waals surface area contributed by atoms with E-state index in [1.54, 1.807) is 0 Å². The molecule has 0 unspecified atom stereocenters. The third-order valence-corrected chi connectivity index (χ3v) is 2.28. The summed E-state index contributed by atoms with van der Waals surface area (Å²) in [5.74, 6) is 2.07. The summed E-state index contributed by atoms with van der Waals surface area (Å²) in [7, 11) is 0. The molecule has 0 aliphatic heterocycles. The Kier molecular flexibility index (Phi) is 8.03. The topological polar surface area (TPSA) is 26.3 Å². The van der Waals surface area contributed by atoms with Crippen LogP contribution in [0, 0.1) is 12.3 Å². The molecule has 0 spiro atoms. The fraction of sp³-hybridized carbons (Fsp3) is 0.571. The fourth-order valence-corrected chi connectivity index (χ4v) is 1.43. The number of esters is 1. The van der Waals surface area contributed by atoms with Crippen LogP contribution >= 0.6 is 0 Å². The van der Waals surface area contributed by atoms with Gasteiger partial charge in [0.1, 0.15) is 0 Å². The van der Waals surface area contributed by atoms with E-state index in [2.05, 4.69) is 25.2 Å². The average molecular weight is 220 g/mol. The van der Waals surface area contributed by atoms with Gasteiger partial charge in [0, 0.05) is 12.5 Å². The fourth-order valence-electron chi connectivity index (χ4n) is 1.43. The van der Waals surface area contributed by atoms with Gasteiger partial charge in [0.25, 0.3) is 0 Å². The van der Waals surface area contributed by atoms with Crippen molar-refractivity contribution in [3.8, 4) is 12.3 Å². The van der Waals surface area contributed by atoms with Crippen LogP contribution in [-0.2, 0) is 9.53 Å². The summed E-state index contributed by atoms with van der Waals surface area (Å²) in [6.07, 6.45) is 10.1. The van der Waals surface area contributed by atoms with Crippen LogP contribution in [0.3, 0.4) is 0 Å². The zero-order valence-corrected chi connectivity index (χ0v) is 10.2. The Balaban J connectivity index is 4.21. The monoisotopic (exact) mass is 220 g/mol. The maximum Gasteiger partial charge on any atom is 0.304 e. The van der Waals surface area contributed by atoms with Crippen molar-refractivity contribution in [2.24, 2.45) is 0 Å². The number of hydrogen-bond donors (Lipinski definition) is 0. The van der Waals surface area contributed by atoms with Crippen molar-refractivity contribution in [3.05, 3.63) is 17.9 Å². The van der Waals surface area contributed by atoms with Crippen LogP contribution in [0.5, 0.6) is 0 Å². The van der Waals surface area contributed by atoms with Gasteiger partial charge in [0.15, 0.2) is 6.10 Å². The van der Waals surface area contributed by atoms with Crippen LogP contribution in [0.2, 0.25) is 0 Å². The third kappa shape index (κ3) is 6.11. The molecule has 0 rings (SSSR count). The first-order valence-electron chi connectivity index (χ1n) is 5.67. The van der Waals surface area contributed by atoms with Crippen LogP contribution in [0.25, 0.3) is 0 Å². The summed E-state index contributed by atoms with van der Waals surface area (Å²) in [5, 5.41) is 0. The van der Waals surface area contributed by atoms with Gasteiger partial charge in [-0.15, -0.1) is 12.2 Å². The van der Waals surface area contributed by atoms with E-state index in [1.165, 1.54) is 19.8 Å². The summed E-state index contributed by atoms with van der Waals surface area (Å²) in [5.41, 5.74) is 3.58. The van der Waals surface area contributed by atoms with Crippen molar-refractivity contribution in [2.45, 2.75) is 52.1 Å². The minimum atomic E-state index is -0.600. The van der Waals surface area contributed by atoms with Crippen LogP contribution in [0.4, 0.5) is 0 Å². The van der Waals surface area contributed by atoms with E-state index in [-0.39, 0.29) is 5.97 Å². The third-order valence-electron chi connectivity index (χ3n) is 2.28. The Hall–Kier alpha value is -1.45. The van der Waals surface area contributed by atoms with Crippen molar-refractivity contribution in [2.75, 3.05) is 0 Å². The maximum absolute atomic E-state index is 10.8. The van der Waals surface area contributed by atoms with Crippen LogP contribution < -0.4 is 0 Å². The van der Waals surface area contributed by atoms with Crippen molar-refractivity contribution in [1.82, 2.24) is 0 Å². The first kappa shape index (κ1) is 14.6. The number of carbonyl (C=O) groups excluding carboxylic acids is 1. The second-order valence-electron chi connectivity index (χ2n) is 3.67. The van der Waals surface area contributed by atoms with E-state index in [9.17, 15) is 4.79 Å². The molecule has 0 saturated carbocycles.